The molecule has 0 bridgehead atoms. The zero-order valence-electron chi connectivity index (χ0n) is 20.5. The average molecular weight is 548 g/mol. The molecule has 0 saturated carbocycles. The van der Waals surface area contributed by atoms with E-state index in [0.29, 0.717) is 12.1 Å². The number of halogens is 1. The van der Waals surface area contributed by atoms with E-state index in [9.17, 15) is 9.59 Å². The Bertz CT molecular complexity index is 1290. The number of hydrogen-bond donors (Lipinski definition) is 2. The van der Waals surface area contributed by atoms with E-state index in [1.807, 2.05) is 54.6 Å². The van der Waals surface area contributed by atoms with E-state index in [1.165, 1.54) is 5.56 Å². The van der Waals surface area contributed by atoms with Gasteiger partial charge in [-0.25, -0.2) is 0 Å². The smallest absolute Gasteiger partial charge is 0.303 e. The van der Waals surface area contributed by atoms with Gasteiger partial charge in [0.15, 0.2) is 0 Å². The first-order chi connectivity index (χ1) is 17.3. The Balaban J connectivity index is 1.71. The van der Waals surface area contributed by atoms with Crippen molar-refractivity contribution in [2.75, 3.05) is 26.0 Å². The number of nitrogens with one attached hydrogen (secondary N) is 1. The molecule has 2 N–H and O–H groups in total. The van der Waals surface area contributed by atoms with Gasteiger partial charge in [0.1, 0.15) is 5.92 Å². The fourth-order valence-electron chi connectivity index (χ4n) is 4.42. The standard InChI is InChI=1S/C29H30BrN3O3/c1-33(2)16-4-6-20-5-3-7-23(17-20)31-28(21-11-8-19(9-12-21)10-15-26(34)35)27-24-14-13-22(30)18-25(24)32-29(27)36/h3,5,7-9,11-14,17-18,27H,4,6,10,15-16H2,1-2H3,(H,32,36)(H,34,35). The molecule has 1 aliphatic heterocycles. The van der Waals surface area contributed by atoms with Crippen LogP contribution in [0, 0.1) is 0 Å². The molecule has 36 heavy (non-hydrogen) atoms. The number of benzene rings is 3. The summed E-state index contributed by atoms with van der Waals surface area (Å²) in [4.78, 5) is 31.4. The molecule has 4 rings (SSSR count). The maximum absolute atomic E-state index is 13.2. The van der Waals surface area contributed by atoms with Gasteiger partial charge in [0.25, 0.3) is 0 Å². The molecular formula is C29H30BrN3O3. The van der Waals surface area contributed by atoms with Crippen molar-refractivity contribution in [2.45, 2.75) is 31.6 Å². The molecule has 0 aromatic heterocycles. The van der Waals surface area contributed by atoms with Gasteiger partial charge in [-0.05, 0) is 86.4 Å². The zero-order valence-corrected chi connectivity index (χ0v) is 22.1. The number of aliphatic imine (C=N–C) groups is 1. The van der Waals surface area contributed by atoms with Crippen LogP contribution in [0.2, 0.25) is 0 Å². The summed E-state index contributed by atoms with van der Waals surface area (Å²) >= 11 is 3.48. The van der Waals surface area contributed by atoms with Crippen molar-refractivity contribution < 1.29 is 14.7 Å². The molecule has 7 heteroatoms. The Morgan fingerprint density at radius 1 is 1.03 bits per heavy atom. The summed E-state index contributed by atoms with van der Waals surface area (Å²) < 4.78 is 0.897. The summed E-state index contributed by atoms with van der Waals surface area (Å²) in [5.74, 6) is -1.48. The van der Waals surface area contributed by atoms with Gasteiger partial charge < -0.3 is 15.3 Å². The van der Waals surface area contributed by atoms with Crippen LogP contribution in [0.25, 0.3) is 0 Å². The SMILES string of the molecule is CN(C)CCCc1cccc(N=C(c2ccc(CCC(=O)O)cc2)C2C(=O)Nc3cc(Br)ccc32)c1. The van der Waals surface area contributed by atoms with Crippen molar-refractivity contribution in [3.63, 3.8) is 0 Å². The van der Waals surface area contributed by atoms with Gasteiger partial charge in [-0.15, -0.1) is 0 Å². The molecule has 1 heterocycles. The van der Waals surface area contributed by atoms with E-state index >= 15 is 0 Å². The second-order valence-electron chi connectivity index (χ2n) is 9.32. The van der Waals surface area contributed by atoms with Gasteiger partial charge in [-0.3, -0.25) is 14.6 Å². The monoisotopic (exact) mass is 547 g/mol. The highest BCUT2D eigenvalue weighted by Crippen LogP contribution is 2.38. The number of amides is 1. The Hall–Kier alpha value is -3.29. The first-order valence-electron chi connectivity index (χ1n) is 12.0. The summed E-state index contributed by atoms with van der Waals surface area (Å²) in [5.41, 5.74) is 6.12. The highest BCUT2D eigenvalue weighted by Gasteiger charge is 2.35. The minimum atomic E-state index is -0.822. The van der Waals surface area contributed by atoms with Crippen molar-refractivity contribution in [3.05, 3.63) is 93.5 Å². The van der Waals surface area contributed by atoms with Crippen LogP contribution in [0.3, 0.4) is 0 Å². The molecule has 6 nitrogen and oxygen atoms in total. The summed E-state index contributed by atoms with van der Waals surface area (Å²) in [7, 11) is 4.14. The number of nitrogens with zero attached hydrogens (tertiary/aromatic N) is 2. The number of aliphatic carboxylic acids is 1. The molecule has 0 spiro atoms. The third-order valence-corrected chi connectivity index (χ3v) is 6.72. The molecule has 0 radical (unpaired) electrons. The first-order valence-corrected chi connectivity index (χ1v) is 12.8. The molecule has 3 aromatic rings. The molecule has 1 aliphatic rings. The molecule has 1 amide bonds. The van der Waals surface area contributed by atoms with Gasteiger partial charge in [0.05, 0.1) is 11.4 Å². The Morgan fingerprint density at radius 3 is 2.53 bits per heavy atom. The first kappa shape index (κ1) is 25.8. The fraction of sp³-hybridized carbons (Fsp3) is 0.276. The van der Waals surface area contributed by atoms with Crippen LogP contribution in [0.15, 0.2) is 76.2 Å². The van der Waals surface area contributed by atoms with Gasteiger partial charge >= 0.3 is 5.97 Å². The van der Waals surface area contributed by atoms with E-state index in [-0.39, 0.29) is 12.3 Å². The zero-order chi connectivity index (χ0) is 25.7. The topological polar surface area (TPSA) is 82.0 Å². The Labute approximate surface area is 220 Å². The van der Waals surface area contributed by atoms with Crippen LogP contribution >= 0.6 is 15.9 Å². The molecular weight excluding hydrogens is 518 g/mol. The lowest BCUT2D eigenvalue weighted by atomic mass is 9.90. The summed E-state index contributed by atoms with van der Waals surface area (Å²) in [6.45, 7) is 1.02. The number of aryl methyl sites for hydroxylation is 2. The van der Waals surface area contributed by atoms with Crippen LogP contribution in [0.4, 0.5) is 11.4 Å². The van der Waals surface area contributed by atoms with Crippen molar-refractivity contribution >= 4 is 44.9 Å². The van der Waals surface area contributed by atoms with Gasteiger partial charge in [-0.1, -0.05) is 58.4 Å². The van der Waals surface area contributed by atoms with Crippen molar-refractivity contribution in [1.29, 1.82) is 0 Å². The maximum Gasteiger partial charge on any atom is 0.303 e. The van der Waals surface area contributed by atoms with Crippen LogP contribution in [0.1, 0.15) is 41.0 Å². The predicted molar refractivity (Wildman–Crippen MR) is 147 cm³/mol. The number of carbonyl (C=O) groups is 2. The number of anilines is 1. The number of fused-ring (bicyclic) bond motifs is 1. The minimum Gasteiger partial charge on any atom is -0.481 e. The predicted octanol–water partition coefficient (Wildman–Crippen LogP) is 5.82. The highest BCUT2D eigenvalue weighted by molar-refractivity contribution is 9.10. The Kier molecular flexibility index (Phi) is 8.33. The Morgan fingerprint density at radius 2 is 1.81 bits per heavy atom. The number of carboxylic acids is 1. The third-order valence-electron chi connectivity index (χ3n) is 6.23. The van der Waals surface area contributed by atoms with Crippen LogP contribution in [0.5, 0.6) is 0 Å². The number of hydrogen-bond acceptors (Lipinski definition) is 4. The summed E-state index contributed by atoms with van der Waals surface area (Å²) in [6.07, 6.45) is 2.54. The van der Waals surface area contributed by atoms with E-state index in [4.69, 9.17) is 10.1 Å². The molecule has 3 aromatic carbocycles. The molecule has 1 atom stereocenters. The van der Waals surface area contributed by atoms with Gasteiger partial charge in [0, 0.05) is 16.6 Å². The second kappa shape index (κ2) is 11.6. The molecule has 0 saturated heterocycles. The lowest BCUT2D eigenvalue weighted by Crippen LogP contribution is -2.22. The highest BCUT2D eigenvalue weighted by atomic mass is 79.9. The van der Waals surface area contributed by atoms with Crippen LogP contribution in [-0.4, -0.2) is 48.2 Å². The summed E-state index contributed by atoms with van der Waals surface area (Å²) in [5, 5.41) is 12.0. The quantitative estimate of drug-likeness (QED) is 0.313. The lowest BCUT2D eigenvalue weighted by Gasteiger charge is -2.15. The van der Waals surface area contributed by atoms with E-state index < -0.39 is 11.9 Å². The normalized spacial score (nSPS) is 15.2. The molecule has 186 valence electrons. The molecule has 0 fully saturated rings. The van der Waals surface area contributed by atoms with Gasteiger partial charge in [-0.2, -0.15) is 0 Å². The van der Waals surface area contributed by atoms with Gasteiger partial charge in [0.2, 0.25) is 5.91 Å². The van der Waals surface area contributed by atoms with Crippen LogP contribution < -0.4 is 5.32 Å². The largest absolute Gasteiger partial charge is 0.481 e. The fourth-order valence-corrected chi connectivity index (χ4v) is 4.78. The molecule has 1 unspecified atom stereocenters. The number of carbonyl (C=O) groups excluding carboxylic acids is 1. The third kappa shape index (κ3) is 6.47. The van der Waals surface area contributed by atoms with E-state index in [2.05, 4.69) is 52.4 Å². The van der Waals surface area contributed by atoms with Crippen LogP contribution in [-0.2, 0) is 22.4 Å². The number of carboxylic acid groups (broad SMARTS) is 1. The average Bonchev–Trinajstić information content (AvgIpc) is 3.16. The second-order valence-corrected chi connectivity index (χ2v) is 10.2. The maximum atomic E-state index is 13.2. The lowest BCUT2D eigenvalue weighted by molar-refractivity contribution is -0.137. The minimum absolute atomic E-state index is 0.0776. The number of rotatable bonds is 10. The van der Waals surface area contributed by atoms with Crippen molar-refractivity contribution in [3.8, 4) is 0 Å². The molecule has 0 aliphatic carbocycles. The summed E-state index contributed by atoms with van der Waals surface area (Å²) in [6, 6.07) is 21.7. The van der Waals surface area contributed by atoms with Crippen molar-refractivity contribution in [2.24, 2.45) is 4.99 Å². The van der Waals surface area contributed by atoms with Crippen molar-refractivity contribution in [1.82, 2.24) is 4.90 Å². The van der Waals surface area contributed by atoms with E-state index in [1.54, 1.807) is 0 Å². The van der Waals surface area contributed by atoms with E-state index in [0.717, 1.165) is 51.9 Å².